The maximum atomic E-state index is 10.4. The van der Waals surface area contributed by atoms with E-state index in [0.29, 0.717) is 0 Å². The second-order valence-corrected chi connectivity index (χ2v) is 2.95. The van der Waals surface area contributed by atoms with Crippen molar-refractivity contribution in [2.24, 2.45) is 0 Å². The minimum atomic E-state index is 0.769. The zero-order valence-electron chi connectivity index (χ0n) is 6.47. The molecule has 1 unspecified atom stereocenters. The van der Waals surface area contributed by atoms with Gasteiger partial charge in [-0.15, -0.1) is 0 Å². The van der Waals surface area contributed by atoms with Crippen LogP contribution in [-0.2, 0) is 4.79 Å². The molecule has 0 aromatic rings. The highest BCUT2D eigenvalue weighted by Gasteiger charge is 2.12. The van der Waals surface area contributed by atoms with Crippen molar-refractivity contribution in [1.82, 2.24) is 0 Å². The lowest BCUT2D eigenvalue weighted by Gasteiger charge is -2.17. The Bertz CT molecular complexity index is 154. The summed E-state index contributed by atoms with van der Waals surface area (Å²) in [5.41, 5.74) is 1.01. The Kier molecular flexibility index (Phi) is 2.79. The Labute approximate surface area is 63.5 Å². The van der Waals surface area contributed by atoms with E-state index >= 15 is 0 Å². The van der Waals surface area contributed by atoms with E-state index in [2.05, 4.69) is 13.8 Å². The fraction of sp³-hybridized carbons (Fsp3) is 0.571. The molecule has 0 saturated carbocycles. The van der Waals surface area contributed by atoms with E-state index in [9.17, 15) is 4.79 Å². The third-order valence-electron chi connectivity index (χ3n) is 2.23. The molecule has 1 rings (SSSR count). The smallest absolute Gasteiger partial charge is 0.145 e. The highest BCUT2D eigenvalue weighted by molar-refractivity contribution is 6.90. The largest absolute Gasteiger partial charge is 0.298 e. The van der Waals surface area contributed by atoms with E-state index in [1.54, 1.807) is 0 Å². The Morgan fingerprint density at radius 1 is 1.80 bits per heavy atom. The first kappa shape index (κ1) is 7.64. The molecular weight excluding hydrogens is 122 g/mol. The van der Waals surface area contributed by atoms with Crippen LogP contribution in [0.25, 0.3) is 0 Å². The van der Waals surface area contributed by atoms with Crippen LogP contribution in [0.2, 0.25) is 5.82 Å². The topological polar surface area (TPSA) is 17.1 Å². The molecule has 1 nitrogen and oxygen atoms in total. The minimum Gasteiger partial charge on any atom is -0.298 e. The standard InChI is InChI=1S/C7H12B2O/c8-9-7-3-1-2-6(4-7)5-10/h2,5,7,9H,1,3-4,8H2. The third-order valence-corrected chi connectivity index (χ3v) is 2.23. The van der Waals surface area contributed by atoms with Crippen molar-refractivity contribution < 1.29 is 4.79 Å². The van der Waals surface area contributed by atoms with Gasteiger partial charge in [0.05, 0.1) is 14.9 Å². The van der Waals surface area contributed by atoms with Gasteiger partial charge in [-0.05, 0) is 18.4 Å². The quantitative estimate of drug-likeness (QED) is 0.385. The lowest BCUT2D eigenvalue weighted by atomic mass is 9.45. The maximum Gasteiger partial charge on any atom is 0.145 e. The van der Waals surface area contributed by atoms with E-state index in [1.165, 1.54) is 13.6 Å². The second kappa shape index (κ2) is 3.65. The Balaban J connectivity index is 2.48. The van der Waals surface area contributed by atoms with Gasteiger partial charge in [-0.25, -0.2) is 0 Å². The highest BCUT2D eigenvalue weighted by atomic mass is 16.1. The molecule has 0 aromatic carbocycles. The van der Waals surface area contributed by atoms with Crippen LogP contribution in [0.4, 0.5) is 0 Å². The van der Waals surface area contributed by atoms with Crippen molar-refractivity contribution in [3.05, 3.63) is 11.6 Å². The number of aldehydes is 1. The second-order valence-electron chi connectivity index (χ2n) is 2.95. The van der Waals surface area contributed by atoms with Crippen LogP contribution >= 0.6 is 0 Å². The number of rotatable bonds is 2. The third kappa shape index (κ3) is 1.76. The summed E-state index contributed by atoms with van der Waals surface area (Å²) >= 11 is 0. The van der Waals surface area contributed by atoms with E-state index in [-0.39, 0.29) is 0 Å². The van der Waals surface area contributed by atoms with Gasteiger partial charge in [-0.3, -0.25) is 4.79 Å². The summed E-state index contributed by atoms with van der Waals surface area (Å²) in [4.78, 5) is 10.4. The highest BCUT2D eigenvalue weighted by Crippen LogP contribution is 2.25. The normalized spacial score (nSPS) is 25.2. The predicted octanol–water partition coefficient (Wildman–Crippen LogP) is 0.0687. The van der Waals surface area contributed by atoms with Crippen molar-refractivity contribution >= 4 is 21.2 Å². The van der Waals surface area contributed by atoms with Crippen molar-refractivity contribution in [2.45, 2.75) is 25.1 Å². The minimum absolute atomic E-state index is 0.769. The first-order valence-electron chi connectivity index (χ1n) is 4.01. The zero-order chi connectivity index (χ0) is 7.40. The van der Waals surface area contributed by atoms with Crippen molar-refractivity contribution in [3.63, 3.8) is 0 Å². The van der Waals surface area contributed by atoms with Crippen molar-refractivity contribution in [1.29, 1.82) is 0 Å². The van der Waals surface area contributed by atoms with E-state index < -0.39 is 0 Å². The van der Waals surface area contributed by atoms with Crippen LogP contribution in [0.1, 0.15) is 19.3 Å². The molecule has 1 atom stereocenters. The fourth-order valence-electron chi connectivity index (χ4n) is 1.47. The molecule has 1 aliphatic carbocycles. The van der Waals surface area contributed by atoms with Gasteiger partial charge in [0.25, 0.3) is 0 Å². The van der Waals surface area contributed by atoms with Crippen LogP contribution in [0, 0.1) is 0 Å². The number of hydrogen-bond donors (Lipinski definition) is 0. The summed E-state index contributed by atoms with van der Waals surface area (Å²) < 4.78 is 0. The Hall–Kier alpha value is -0.460. The molecule has 3 heteroatoms. The van der Waals surface area contributed by atoms with Crippen molar-refractivity contribution in [2.75, 3.05) is 0 Å². The van der Waals surface area contributed by atoms with Gasteiger partial charge in [0.1, 0.15) is 6.29 Å². The molecule has 0 bridgehead atoms. The van der Waals surface area contributed by atoms with E-state index in [4.69, 9.17) is 0 Å². The SMILES string of the molecule is BBC1CCC=C(C=O)C1. The van der Waals surface area contributed by atoms with Gasteiger partial charge in [0.15, 0.2) is 0 Å². The predicted molar refractivity (Wildman–Crippen MR) is 47.4 cm³/mol. The molecule has 0 N–H and O–H groups in total. The fourth-order valence-corrected chi connectivity index (χ4v) is 1.47. The summed E-state index contributed by atoms with van der Waals surface area (Å²) in [7, 11) is 3.41. The van der Waals surface area contributed by atoms with Crippen LogP contribution < -0.4 is 0 Å². The Morgan fingerprint density at radius 3 is 3.20 bits per heavy atom. The summed E-state index contributed by atoms with van der Waals surface area (Å²) in [6.07, 6.45) is 6.46. The van der Waals surface area contributed by atoms with Crippen LogP contribution in [-0.4, -0.2) is 21.2 Å². The van der Waals surface area contributed by atoms with Crippen LogP contribution in [0.5, 0.6) is 0 Å². The molecule has 0 amide bonds. The first-order valence-corrected chi connectivity index (χ1v) is 4.01. The van der Waals surface area contributed by atoms with Crippen LogP contribution in [0.3, 0.4) is 0 Å². The molecule has 1 aliphatic rings. The average Bonchev–Trinajstić information content (AvgIpc) is 2.05. The van der Waals surface area contributed by atoms with Gasteiger partial charge < -0.3 is 0 Å². The lowest BCUT2D eigenvalue weighted by Crippen LogP contribution is -2.09. The number of hydrogen-bond acceptors (Lipinski definition) is 1. The number of allylic oxidation sites excluding steroid dienone is 2. The molecule has 0 aromatic heterocycles. The zero-order valence-corrected chi connectivity index (χ0v) is 6.47. The number of carbonyl (C=O) groups excluding carboxylic acids is 1. The molecule has 0 heterocycles. The van der Waals surface area contributed by atoms with Gasteiger partial charge in [-0.1, -0.05) is 18.3 Å². The average molecular weight is 134 g/mol. The summed E-state index contributed by atoms with van der Waals surface area (Å²) in [5, 5.41) is 0. The molecule has 0 fully saturated rings. The molecule has 52 valence electrons. The van der Waals surface area contributed by atoms with Gasteiger partial charge >= 0.3 is 0 Å². The lowest BCUT2D eigenvalue weighted by molar-refractivity contribution is -0.105. The van der Waals surface area contributed by atoms with Gasteiger partial charge in [0, 0.05) is 0 Å². The molecular formula is C7H12B2O. The molecule has 0 saturated heterocycles. The van der Waals surface area contributed by atoms with Crippen LogP contribution in [0.15, 0.2) is 11.6 Å². The molecule has 10 heavy (non-hydrogen) atoms. The summed E-state index contributed by atoms with van der Waals surface area (Å²) in [6, 6.07) is 0. The molecule has 0 aliphatic heterocycles. The molecule has 0 spiro atoms. The monoisotopic (exact) mass is 134 g/mol. The van der Waals surface area contributed by atoms with Gasteiger partial charge in [-0.2, -0.15) is 0 Å². The summed E-state index contributed by atoms with van der Waals surface area (Å²) in [6.45, 7) is 0. The first-order chi connectivity index (χ1) is 4.86. The van der Waals surface area contributed by atoms with Crippen molar-refractivity contribution in [3.8, 4) is 0 Å². The van der Waals surface area contributed by atoms with Gasteiger partial charge in [0.2, 0.25) is 0 Å². The van der Waals surface area contributed by atoms with E-state index in [1.807, 2.05) is 0 Å². The number of carbonyl (C=O) groups is 1. The maximum absolute atomic E-state index is 10.4. The summed E-state index contributed by atoms with van der Waals surface area (Å²) in [5.74, 6) is 0.769. The molecule has 0 radical (unpaired) electrons. The Morgan fingerprint density at radius 2 is 2.60 bits per heavy atom. The van der Waals surface area contributed by atoms with E-state index in [0.717, 1.165) is 30.5 Å².